The van der Waals surface area contributed by atoms with Crippen molar-refractivity contribution in [3.05, 3.63) is 42.0 Å². The molecule has 80 valence electrons. The number of aromatic nitrogens is 3. The minimum absolute atomic E-state index is 0.0150. The molecule has 0 amide bonds. The van der Waals surface area contributed by atoms with E-state index in [1.54, 1.807) is 18.6 Å². The van der Waals surface area contributed by atoms with Crippen molar-refractivity contribution in [2.45, 2.75) is 13.8 Å². The van der Waals surface area contributed by atoms with Gasteiger partial charge in [0.25, 0.3) is 0 Å². The van der Waals surface area contributed by atoms with Gasteiger partial charge in [-0.15, -0.1) is 0 Å². The van der Waals surface area contributed by atoms with Crippen LogP contribution < -0.4 is 0 Å². The molecule has 4 heteroatoms. The fourth-order valence-corrected chi connectivity index (χ4v) is 1.45. The van der Waals surface area contributed by atoms with E-state index in [1.165, 1.54) is 6.92 Å². The molecule has 2 heterocycles. The van der Waals surface area contributed by atoms with Gasteiger partial charge in [-0.2, -0.15) is 0 Å². The van der Waals surface area contributed by atoms with Gasteiger partial charge < -0.3 is 0 Å². The van der Waals surface area contributed by atoms with Gasteiger partial charge in [0.05, 0.1) is 11.3 Å². The van der Waals surface area contributed by atoms with Crippen molar-refractivity contribution < 1.29 is 4.79 Å². The number of carbonyl (C=O) groups excluding carboxylic acids is 1. The van der Waals surface area contributed by atoms with Crippen molar-refractivity contribution in [3.8, 4) is 11.4 Å². The van der Waals surface area contributed by atoms with Gasteiger partial charge in [0.2, 0.25) is 0 Å². The molecule has 0 unspecified atom stereocenters. The normalized spacial score (nSPS) is 10.1. The van der Waals surface area contributed by atoms with Crippen LogP contribution in [0.4, 0.5) is 0 Å². The lowest BCUT2D eigenvalue weighted by Gasteiger charge is -2.03. The van der Waals surface area contributed by atoms with Gasteiger partial charge in [-0.25, -0.2) is 9.97 Å². The summed E-state index contributed by atoms with van der Waals surface area (Å²) in [5, 5.41) is 0. The summed E-state index contributed by atoms with van der Waals surface area (Å²) >= 11 is 0. The van der Waals surface area contributed by atoms with Gasteiger partial charge in [-0.05, 0) is 26.0 Å². The molecule has 0 spiro atoms. The van der Waals surface area contributed by atoms with E-state index in [4.69, 9.17) is 0 Å². The standard InChI is InChI=1S/C12H11N3O/c1-8-11(9(2)16)7-14-12(15-8)10-3-5-13-6-4-10/h3-7H,1-2H3. The second-order valence-electron chi connectivity index (χ2n) is 3.48. The minimum Gasteiger partial charge on any atom is -0.294 e. The number of carbonyl (C=O) groups is 1. The molecule has 2 aromatic rings. The van der Waals surface area contributed by atoms with Crippen LogP contribution in [0.3, 0.4) is 0 Å². The Hall–Kier alpha value is -2.10. The SMILES string of the molecule is CC(=O)c1cnc(-c2ccncc2)nc1C. The van der Waals surface area contributed by atoms with Crippen molar-refractivity contribution in [2.75, 3.05) is 0 Å². The average Bonchev–Trinajstić information content (AvgIpc) is 2.29. The van der Waals surface area contributed by atoms with Crippen LogP contribution in [0.25, 0.3) is 11.4 Å². The second kappa shape index (κ2) is 4.18. The molecule has 0 saturated carbocycles. The molecule has 0 radical (unpaired) electrons. The lowest BCUT2D eigenvalue weighted by Crippen LogP contribution is -2.02. The van der Waals surface area contributed by atoms with Crippen LogP contribution >= 0.6 is 0 Å². The zero-order chi connectivity index (χ0) is 11.5. The second-order valence-corrected chi connectivity index (χ2v) is 3.48. The molecule has 0 aliphatic heterocycles. The minimum atomic E-state index is -0.0150. The first-order valence-electron chi connectivity index (χ1n) is 4.93. The predicted octanol–water partition coefficient (Wildman–Crippen LogP) is 2.05. The number of Topliss-reactive ketones (excluding diaryl/α,β-unsaturated/α-hetero) is 1. The molecule has 2 rings (SSSR count). The Balaban J connectivity index is 2.46. The Bertz CT molecular complexity index is 523. The Kier molecular flexibility index (Phi) is 2.72. The molecular formula is C12H11N3O. The summed E-state index contributed by atoms with van der Waals surface area (Å²) in [6.07, 6.45) is 4.94. The van der Waals surface area contributed by atoms with Crippen LogP contribution in [0.5, 0.6) is 0 Å². The smallest absolute Gasteiger partial charge is 0.163 e. The molecule has 0 aliphatic carbocycles. The number of hydrogen-bond donors (Lipinski definition) is 0. The highest BCUT2D eigenvalue weighted by Crippen LogP contribution is 2.14. The summed E-state index contributed by atoms with van der Waals surface area (Å²) in [6.45, 7) is 3.32. The zero-order valence-electron chi connectivity index (χ0n) is 9.14. The van der Waals surface area contributed by atoms with Crippen LogP contribution in [0, 0.1) is 6.92 Å². The molecule has 0 fully saturated rings. The Morgan fingerprint density at radius 3 is 2.50 bits per heavy atom. The predicted molar refractivity (Wildman–Crippen MR) is 60.0 cm³/mol. The van der Waals surface area contributed by atoms with Crippen LogP contribution in [-0.4, -0.2) is 20.7 Å². The first-order chi connectivity index (χ1) is 7.68. The van der Waals surface area contributed by atoms with E-state index >= 15 is 0 Å². The van der Waals surface area contributed by atoms with E-state index in [0.29, 0.717) is 17.1 Å². The number of ketones is 1. The maximum Gasteiger partial charge on any atom is 0.163 e. The van der Waals surface area contributed by atoms with E-state index < -0.39 is 0 Å². The lowest BCUT2D eigenvalue weighted by molar-refractivity contribution is 0.101. The number of aryl methyl sites for hydroxylation is 1. The van der Waals surface area contributed by atoms with Crippen molar-refractivity contribution in [3.63, 3.8) is 0 Å². The summed E-state index contributed by atoms with van der Waals surface area (Å²) in [6, 6.07) is 3.67. The lowest BCUT2D eigenvalue weighted by atomic mass is 10.1. The van der Waals surface area contributed by atoms with E-state index in [1.807, 2.05) is 19.1 Å². The molecule has 0 bridgehead atoms. The first kappa shape index (κ1) is 10.4. The van der Waals surface area contributed by atoms with Crippen LogP contribution in [0.1, 0.15) is 23.0 Å². The molecular weight excluding hydrogens is 202 g/mol. The molecule has 0 N–H and O–H groups in total. The van der Waals surface area contributed by atoms with Crippen molar-refractivity contribution >= 4 is 5.78 Å². The fraction of sp³-hybridized carbons (Fsp3) is 0.167. The number of hydrogen-bond acceptors (Lipinski definition) is 4. The summed E-state index contributed by atoms with van der Waals surface area (Å²) < 4.78 is 0. The van der Waals surface area contributed by atoms with Gasteiger partial charge in [0, 0.05) is 24.2 Å². The quantitative estimate of drug-likeness (QED) is 0.716. The maximum atomic E-state index is 11.2. The van der Waals surface area contributed by atoms with E-state index in [9.17, 15) is 4.79 Å². The van der Waals surface area contributed by atoms with E-state index in [0.717, 1.165) is 5.56 Å². The average molecular weight is 213 g/mol. The van der Waals surface area contributed by atoms with Crippen LogP contribution in [0.15, 0.2) is 30.7 Å². The Morgan fingerprint density at radius 1 is 1.25 bits per heavy atom. The van der Waals surface area contributed by atoms with Crippen LogP contribution in [0.2, 0.25) is 0 Å². The monoisotopic (exact) mass is 213 g/mol. The number of nitrogens with zero attached hydrogens (tertiary/aromatic N) is 3. The summed E-state index contributed by atoms with van der Waals surface area (Å²) in [5.41, 5.74) is 2.17. The zero-order valence-corrected chi connectivity index (χ0v) is 9.14. The number of pyridine rings is 1. The molecule has 0 aromatic carbocycles. The number of rotatable bonds is 2. The summed E-state index contributed by atoms with van der Waals surface area (Å²) in [4.78, 5) is 23.6. The highest BCUT2D eigenvalue weighted by atomic mass is 16.1. The van der Waals surface area contributed by atoms with Crippen molar-refractivity contribution in [2.24, 2.45) is 0 Å². The molecule has 2 aromatic heterocycles. The molecule has 0 saturated heterocycles. The first-order valence-corrected chi connectivity index (χ1v) is 4.93. The fourth-order valence-electron chi connectivity index (χ4n) is 1.45. The molecule has 16 heavy (non-hydrogen) atoms. The molecule has 0 atom stereocenters. The Morgan fingerprint density at radius 2 is 1.94 bits per heavy atom. The summed E-state index contributed by atoms with van der Waals surface area (Å²) in [5.74, 6) is 0.601. The largest absolute Gasteiger partial charge is 0.294 e. The highest BCUT2D eigenvalue weighted by Gasteiger charge is 2.08. The van der Waals surface area contributed by atoms with Crippen molar-refractivity contribution in [1.82, 2.24) is 15.0 Å². The molecule has 0 aliphatic rings. The molecule has 4 nitrogen and oxygen atoms in total. The topological polar surface area (TPSA) is 55.7 Å². The van der Waals surface area contributed by atoms with Gasteiger partial charge in [0.15, 0.2) is 11.6 Å². The van der Waals surface area contributed by atoms with E-state index in [2.05, 4.69) is 15.0 Å². The third-order valence-corrected chi connectivity index (χ3v) is 2.30. The van der Waals surface area contributed by atoms with Gasteiger partial charge in [0.1, 0.15) is 0 Å². The summed E-state index contributed by atoms with van der Waals surface area (Å²) in [7, 11) is 0. The van der Waals surface area contributed by atoms with Gasteiger partial charge >= 0.3 is 0 Å². The third kappa shape index (κ3) is 1.95. The van der Waals surface area contributed by atoms with E-state index in [-0.39, 0.29) is 5.78 Å². The van der Waals surface area contributed by atoms with Crippen molar-refractivity contribution in [1.29, 1.82) is 0 Å². The highest BCUT2D eigenvalue weighted by molar-refractivity contribution is 5.94. The van der Waals surface area contributed by atoms with Gasteiger partial charge in [-0.1, -0.05) is 0 Å². The maximum absolute atomic E-state index is 11.2. The third-order valence-electron chi connectivity index (χ3n) is 2.30. The van der Waals surface area contributed by atoms with Gasteiger partial charge in [-0.3, -0.25) is 9.78 Å². The Labute approximate surface area is 93.4 Å². The van der Waals surface area contributed by atoms with Crippen LogP contribution in [-0.2, 0) is 0 Å².